The van der Waals surface area contributed by atoms with Gasteiger partial charge in [-0.2, -0.15) is 9.97 Å². The highest BCUT2D eigenvalue weighted by molar-refractivity contribution is 6.28. The molecule has 0 aromatic carbocycles. The second-order valence-electron chi connectivity index (χ2n) is 6.98. The number of halogens is 1. The maximum Gasteiger partial charge on any atom is 0.253 e. The topological polar surface area (TPSA) is 97.7 Å². The van der Waals surface area contributed by atoms with E-state index in [0.717, 1.165) is 43.5 Å². The predicted octanol–water partition coefficient (Wildman–Crippen LogP) is 3.35. The van der Waals surface area contributed by atoms with Crippen molar-refractivity contribution in [3.05, 3.63) is 44.9 Å². The fraction of sp³-hybridized carbons (Fsp3) is 0.474. The molecular weight excluding hydrogens is 380 g/mol. The van der Waals surface area contributed by atoms with Gasteiger partial charge in [-0.1, -0.05) is 6.92 Å². The number of nitrogens with zero attached hydrogens (tertiary/aromatic N) is 4. The first-order valence-electron chi connectivity index (χ1n) is 9.54. The zero-order valence-corrected chi connectivity index (χ0v) is 16.7. The van der Waals surface area contributed by atoms with Crippen LogP contribution in [0.4, 0.5) is 5.82 Å². The summed E-state index contributed by atoms with van der Waals surface area (Å²) in [4.78, 5) is 28.4. The number of pyridine rings is 1. The first-order valence-corrected chi connectivity index (χ1v) is 9.92. The van der Waals surface area contributed by atoms with Crippen molar-refractivity contribution in [3.63, 3.8) is 0 Å². The van der Waals surface area contributed by atoms with E-state index >= 15 is 0 Å². The van der Waals surface area contributed by atoms with Crippen LogP contribution in [0.5, 0.6) is 0 Å². The van der Waals surface area contributed by atoms with E-state index in [1.54, 1.807) is 6.33 Å². The maximum atomic E-state index is 12.4. The van der Waals surface area contributed by atoms with Gasteiger partial charge in [0.15, 0.2) is 17.0 Å². The molecule has 1 fully saturated rings. The predicted molar refractivity (Wildman–Crippen MR) is 108 cm³/mol. The highest BCUT2D eigenvalue weighted by atomic mass is 35.5. The second kappa shape index (κ2) is 7.89. The molecule has 2 N–H and O–H groups in total. The van der Waals surface area contributed by atoms with E-state index in [2.05, 4.69) is 25.3 Å². The Morgan fingerprint density at radius 1 is 1.39 bits per heavy atom. The summed E-state index contributed by atoms with van der Waals surface area (Å²) in [5.41, 5.74) is 3.69. The summed E-state index contributed by atoms with van der Waals surface area (Å²) in [5, 5.41) is 3.35. The van der Waals surface area contributed by atoms with Crippen molar-refractivity contribution in [2.45, 2.75) is 52.3 Å². The summed E-state index contributed by atoms with van der Waals surface area (Å²) in [6, 6.07) is 2.00. The Morgan fingerprint density at radius 2 is 2.25 bits per heavy atom. The van der Waals surface area contributed by atoms with Gasteiger partial charge in [-0.15, -0.1) is 0 Å². The lowest BCUT2D eigenvalue weighted by molar-refractivity contribution is -0.0298. The summed E-state index contributed by atoms with van der Waals surface area (Å²) < 4.78 is 7.76. The molecule has 0 bridgehead atoms. The van der Waals surface area contributed by atoms with Crippen molar-refractivity contribution in [1.82, 2.24) is 24.5 Å². The van der Waals surface area contributed by atoms with Gasteiger partial charge in [0.25, 0.3) is 5.56 Å². The number of hydrogen-bond donors (Lipinski definition) is 2. The summed E-state index contributed by atoms with van der Waals surface area (Å²) in [6.45, 7) is 4.97. The molecule has 1 saturated heterocycles. The van der Waals surface area contributed by atoms with Crippen molar-refractivity contribution >= 4 is 28.6 Å². The van der Waals surface area contributed by atoms with Crippen molar-refractivity contribution in [2.24, 2.45) is 0 Å². The molecule has 1 aliphatic rings. The number of aryl methyl sites for hydroxylation is 2. The molecule has 4 heterocycles. The number of hydrogen-bond acceptors (Lipinski definition) is 6. The minimum Gasteiger partial charge on any atom is -0.364 e. The Bertz CT molecular complexity index is 1050. The van der Waals surface area contributed by atoms with Crippen LogP contribution in [-0.2, 0) is 17.7 Å². The van der Waals surface area contributed by atoms with Crippen LogP contribution in [0.2, 0.25) is 5.28 Å². The molecule has 0 aliphatic carbocycles. The molecule has 0 saturated carbocycles. The molecule has 1 aliphatic heterocycles. The number of fused-ring (bicyclic) bond motifs is 1. The van der Waals surface area contributed by atoms with Crippen LogP contribution >= 0.6 is 11.6 Å². The number of anilines is 1. The molecule has 28 heavy (non-hydrogen) atoms. The molecule has 148 valence electrons. The summed E-state index contributed by atoms with van der Waals surface area (Å²) in [5.74, 6) is 0.506. The van der Waals surface area contributed by atoms with Gasteiger partial charge in [0, 0.05) is 24.4 Å². The normalized spacial score (nSPS) is 17.2. The molecule has 1 unspecified atom stereocenters. The van der Waals surface area contributed by atoms with Crippen molar-refractivity contribution in [2.75, 3.05) is 11.9 Å². The fourth-order valence-corrected chi connectivity index (χ4v) is 3.80. The van der Waals surface area contributed by atoms with Crippen LogP contribution in [-0.4, -0.2) is 31.1 Å². The van der Waals surface area contributed by atoms with Crippen LogP contribution in [0.3, 0.4) is 0 Å². The van der Waals surface area contributed by atoms with Crippen molar-refractivity contribution < 1.29 is 4.74 Å². The molecule has 8 nitrogen and oxygen atoms in total. The molecule has 0 radical (unpaired) electrons. The number of ether oxygens (including phenoxy) is 1. The summed E-state index contributed by atoms with van der Waals surface area (Å²) >= 11 is 6.17. The largest absolute Gasteiger partial charge is 0.364 e. The average Bonchev–Trinajstić information content (AvgIpc) is 3.11. The molecule has 3 aromatic heterocycles. The quantitative estimate of drug-likeness (QED) is 0.635. The molecule has 4 rings (SSSR count). The van der Waals surface area contributed by atoms with Gasteiger partial charge in [0.1, 0.15) is 6.23 Å². The Kier molecular flexibility index (Phi) is 5.32. The lowest BCUT2D eigenvalue weighted by atomic mass is 10.1. The van der Waals surface area contributed by atoms with Gasteiger partial charge in [-0.3, -0.25) is 9.36 Å². The third kappa shape index (κ3) is 3.62. The molecular formula is C19H23ClN6O2. The number of aromatic amines is 1. The number of imidazole rings is 1. The van der Waals surface area contributed by atoms with Gasteiger partial charge in [-0.25, -0.2) is 4.98 Å². The molecule has 1 atom stereocenters. The monoisotopic (exact) mass is 402 g/mol. The molecule has 9 heteroatoms. The number of aromatic nitrogens is 5. The first-order chi connectivity index (χ1) is 13.6. The van der Waals surface area contributed by atoms with Gasteiger partial charge >= 0.3 is 0 Å². The Hall–Kier alpha value is -2.45. The van der Waals surface area contributed by atoms with Crippen LogP contribution in [0.1, 0.15) is 49.2 Å². The van der Waals surface area contributed by atoms with Crippen LogP contribution < -0.4 is 10.9 Å². The fourth-order valence-electron chi connectivity index (χ4n) is 3.63. The molecule has 3 aromatic rings. The molecule has 0 amide bonds. The Labute approximate surface area is 167 Å². The minimum atomic E-state index is -0.0955. The van der Waals surface area contributed by atoms with Gasteiger partial charge < -0.3 is 15.0 Å². The van der Waals surface area contributed by atoms with E-state index in [4.69, 9.17) is 16.3 Å². The van der Waals surface area contributed by atoms with E-state index in [0.29, 0.717) is 29.1 Å². The van der Waals surface area contributed by atoms with E-state index < -0.39 is 0 Å². The van der Waals surface area contributed by atoms with E-state index in [1.807, 2.05) is 24.5 Å². The summed E-state index contributed by atoms with van der Waals surface area (Å²) in [6.07, 6.45) is 5.47. The van der Waals surface area contributed by atoms with Crippen LogP contribution in [0.15, 0.2) is 17.2 Å². The number of rotatable bonds is 5. The van der Waals surface area contributed by atoms with Gasteiger partial charge in [-0.05, 0) is 55.8 Å². The van der Waals surface area contributed by atoms with Gasteiger partial charge in [0.2, 0.25) is 5.28 Å². The van der Waals surface area contributed by atoms with Gasteiger partial charge in [0.05, 0.1) is 6.33 Å². The molecule has 0 spiro atoms. The van der Waals surface area contributed by atoms with Crippen molar-refractivity contribution in [3.8, 4) is 0 Å². The third-order valence-electron chi connectivity index (χ3n) is 5.04. The first kappa shape index (κ1) is 18.9. The van der Waals surface area contributed by atoms with E-state index in [1.165, 1.54) is 0 Å². The zero-order valence-electron chi connectivity index (χ0n) is 16.0. The highest BCUT2D eigenvalue weighted by Gasteiger charge is 2.21. The van der Waals surface area contributed by atoms with E-state index in [-0.39, 0.29) is 17.1 Å². The smallest absolute Gasteiger partial charge is 0.253 e. The van der Waals surface area contributed by atoms with Crippen LogP contribution in [0, 0.1) is 6.92 Å². The SMILES string of the molecule is CCc1cc(C)[nH]c(=O)c1CNc1nc(Cl)nc2c1ncn2C1CCCCO1. The zero-order chi connectivity index (χ0) is 19.7. The lowest BCUT2D eigenvalue weighted by Crippen LogP contribution is -2.20. The third-order valence-corrected chi connectivity index (χ3v) is 5.21. The van der Waals surface area contributed by atoms with E-state index in [9.17, 15) is 4.79 Å². The van der Waals surface area contributed by atoms with Crippen LogP contribution in [0.25, 0.3) is 11.2 Å². The maximum absolute atomic E-state index is 12.4. The standard InChI is InChI=1S/C19H23ClN6O2/c1-3-12-8-11(2)23-18(27)13(12)9-21-16-15-17(25-19(20)24-16)26(10-22-15)14-6-4-5-7-28-14/h8,10,14H,3-7,9H2,1-2H3,(H,23,27)(H,21,24,25). The van der Waals surface area contributed by atoms with Crippen molar-refractivity contribution in [1.29, 1.82) is 0 Å². The number of nitrogens with one attached hydrogen (secondary N) is 2. The Balaban J connectivity index is 1.66. The minimum absolute atomic E-state index is 0.0933. The Morgan fingerprint density at radius 3 is 3.00 bits per heavy atom. The second-order valence-corrected chi connectivity index (χ2v) is 7.32. The average molecular weight is 403 g/mol. The highest BCUT2D eigenvalue weighted by Crippen LogP contribution is 2.28. The lowest BCUT2D eigenvalue weighted by Gasteiger charge is -2.23. The summed E-state index contributed by atoms with van der Waals surface area (Å²) in [7, 11) is 0. The number of H-pyrrole nitrogens is 1.